The van der Waals surface area contributed by atoms with Crippen LogP contribution in [-0.4, -0.2) is 50.3 Å². The molecule has 0 aromatic heterocycles. The number of nitrogens with one attached hydrogen (secondary N) is 1. The summed E-state index contributed by atoms with van der Waals surface area (Å²) in [4.78, 5) is 2.48. The summed E-state index contributed by atoms with van der Waals surface area (Å²) in [6.45, 7) is 11.3. The monoisotopic (exact) mass is 242 g/mol. The van der Waals surface area contributed by atoms with Gasteiger partial charge in [-0.3, -0.25) is 0 Å². The van der Waals surface area contributed by atoms with Crippen LogP contribution < -0.4 is 5.32 Å². The zero-order valence-corrected chi connectivity index (χ0v) is 11.7. The minimum atomic E-state index is 0.562. The molecule has 0 radical (unpaired) electrons. The number of hydrogen-bond donors (Lipinski definition) is 1. The molecule has 1 N–H and O–H groups in total. The Balaban J connectivity index is 1.80. The third-order valence-electron chi connectivity index (χ3n) is 3.63. The van der Waals surface area contributed by atoms with E-state index in [9.17, 15) is 0 Å². The molecule has 1 aliphatic heterocycles. The van der Waals surface area contributed by atoms with E-state index < -0.39 is 0 Å². The van der Waals surface area contributed by atoms with Crippen LogP contribution in [0.3, 0.4) is 0 Å². The van der Waals surface area contributed by atoms with Crippen molar-refractivity contribution in [3.8, 4) is 0 Å². The summed E-state index contributed by atoms with van der Waals surface area (Å²) in [5, 5.41) is 3.53. The van der Waals surface area contributed by atoms with Gasteiger partial charge in [-0.25, -0.2) is 0 Å². The average Bonchev–Trinajstić information content (AvgIpc) is 2.86. The summed E-state index contributed by atoms with van der Waals surface area (Å²) in [6, 6.07) is 0. The first-order chi connectivity index (χ1) is 8.36. The van der Waals surface area contributed by atoms with E-state index in [1.54, 1.807) is 0 Å². The van der Waals surface area contributed by atoms with Crippen molar-refractivity contribution in [3.05, 3.63) is 0 Å². The van der Waals surface area contributed by atoms with Gasteiger partial charge < -0.3 is 15.0 Å². The van der Waals surface area contributed by atoms with Crippen LogP contribution in [0.25, 0.3) is 0 Å². The summed E-state index contributed by atoms with van der Waals surface area (Å²) in [5.41, 5.74) is 0. The first-order valence-corrected chi connectivity index (χ1v) is 7.41. The number of ether oxygens (including phenoxy) is 1. The third-order valence-corrected chi connectivity index (χ3v) is 3.63. The van der Waals surface area contributed by atoms with Gasteiger partial charge in [0.15, 0.2) is 0 Å². The lowest BCUT2D eigenvalue weighted by atomic mass is 10.1. The van der Waals surface area contributed by atoms with Crippen molar-refractivity contribution >= 4 is 0 Å². The van der Waals surface area contributed by atoms with Crippen LogP contribution in [0.5, 0.6) is 0 Å². The molecule has 1 heterocycles. The highest BCUT2D eigenvalue weighted by atomic mass is 16.5. The smallest absolute Gasteiger partial charge is 0.0576 e. The molecule has 1 fully saturated rings. The predicted molar refractivity (Wildman–Crippen MR) is 73.5 cm³/mol. The lowest BCUT2D eigenvalue weighted by molar-refractivity contribution is 0.102. The minimum absolute atomic E-state index is 0.562. The van der Waals surface area contributed by atoms with Gasteiger partial charge in [-0.1, -0.05) is 13.8 Å². The van der Waals surface area contributed by atoms with E-state index >= 15 is 0 Å². The standard InChI is InChI=1S/C14H30N2O/c1-3-16(4-2)12-7-11-15-10-5-8-14-9-6-13-17-14/h14-15H,3-13H2,1-2H3. The van der Waals surface area contributed by atoms with Crippen LogP contribution in [0.4, 0.5) is 0 Å². The molecular weight excluding hydrogens is 212 g/mol. The van der Waals surface area contributed by atoms with Crippen LogP contribution in [0.2, 0.25) is 0 Å². The summed E-state index contributed by atoms with van der Waals surface area (Å²) < 4.78 is 5.61. The lowest BCUT2D eigenvalue weighted by Crippen LogP contribution is -2.27. The van der Waals surface area contributed by atoms with Crippen LogP contribution in [-0.2, 0) is 4.74 Å². The Morgan fingerprint density at radius 2 is 1.94 bits per heavy atom. The van der Waals surface area contributed by atoms with E-state index in [0.717, 1.165) is 19.7 Å². The normalized spacial score (nSPS) is 20.3. The second kappa shape index (κ2) is 9.86. The molecule has 17 heavy (non-hydrogen) atoms. The first kappa shape index (κ1) is 14.9. The Labute approximate surface area is 107 Å². The molecule has 0 aromatic carbocycles. The maximum atomic E-state index is 5.61. The Kier molecular flexibility index (Phi) is 8.67. The average molecular weight is 242 g/mol. The van der Waals surface area contributed by atoms with Gasteiger partial charge in [-0.05, 0) is 64.8 Å². The molecule has 1 aliphatic rings. The molecule has 0 aliphatic carbocycles. The summed E-state index contributed by atoms with van der Waals surface area (Å²) in [6.07, 6.45) is 6.87. The molecule has 1 atom stereocenters. The Bertz CT molecular complexity index is 160. The Morgan fingerprint density at radius 3 is 2.59 bits per heavy atom. The van der Waals surface area contributed by atoms with Crippen molar-refractivity contribution in [1.82, 2.24) is 10.2 Å². The third kappa shape index (κ3) is 7.02. The Morgan fingerprint density at radius 1 is 1.18 bits per heavy atom. The van der Waals surface area contributed by atoms with Gasteiger partial charge in [-0.2, -0.15) is 0 Å². The second-order valence-electron chi connectivity index (χ2n) is 4.91. The van der Waals surface area contributed by atoms with E-state index in [0.29, 0.717) is 6.10 Å². The molecule has 1 saturated heterocycles. The molecule has 0 amide bonds. The van der Waals surface area contributed by atoms with E-state index in [-0.39, 0.29) is 0 Å². The van der Waals surface area contributed by atoms with Crippen molar-refractivity contribution in [2.24, 2.45) is 0 Å². The van der Waals surface area contributed by atoms with Crippen molar-refractivity contribution in [2.75, 3.05) is 39.3 Å². The van der Waals surface area contributed by atoms with E-state index in [1.165, 1.54) is 51.7 Å². The Hall–Kier alpha value is -0.120. The SMILES string of the molecule is CCN(CC)CCCNCCCC1CCCO1. The zero-order valence-electron chi connectivity index (χ0n) is 11.7. The highest BCUT2D eigenvalue weighted by molar-refractivity contribution is 4.65. The van der Waals surface area contributed by atoms with E-state index in [4.69, 9.17) is 4.74 Å². The summed E-state index contributed by atoms with van der Waals surface area (Å²) >= 11 is 0. The van der Waals surface area contributed by atoms with Gasteiger partial charge in [0.05, 0.1) is 6.10 Å². The van der Waals surface area contributed by atoms with Crippen LogP contribution >= 0.6 is 0 Å². The predicted octanol–water partition coefficient (Wildman–Crippen LogP) is 2.27. The number of hydrogen-bond acceptors (Lipinski definition) is 3. The van der Waals surface area contributed by atoms with Gasteiger partial charge in [0.2, 0.25) is 0 Å². The lowest BCUT2D eigenvalue weighted by Gasteiger charge is -2.17. The molecular formula is C14H30N2O. The first-order valence-electron chi connectivity index (χ1n) is 7.41. The molecule has 3 nitrogen and oxygen atoms in total. The van der Waals surface area contributed by atoms with Gasteiger partial charge in [-0.15, -0.1) is 0 Å². The van der Waals surface area contributed by atoms with Crippen molar-refractivity contribution < 1.29 is 4.74 Å². The molecule has 1 rings (SSSR count). The maximum Gasteiger partial charge on any atom is 0.0576 e. The number of rotatable bonds is 10. The topological polar surface area (TPSA) is 24.5 Å². The highest BCUT2D eigenvalue weighted by Crippen LogP contribution is 2.16. The van der Waals surface area contributed by atoms with E-state index in [2.05, 4.69) is 24.1 Å². The maximum absolute atomic E-state index is 5.61. The van der Waals surface area contributed by atoms with Crippen molar-refractivity contribution in [3.63, 3.8) is 0 Å². The van der Waals surface area contributed by atoms with Gasteiger partial charge in [0.1, 0.15) is 0 Å². The quantitative estimate of drug-likeness (QED) is 0.595. The molecule has 1 unspecified atom stereocenters. The fourth-order valence-electron chi connectivity index (χ4n) is 2.42. The summed E-state index contributed by atoms with van der Waals surface area (Å²) in [5.74, 6) is 0. The number of nitrogens with zero attached hydrogens (tertiary/aromatic N) is 1. The summed E-state index contributed by atoms with van der Waals surface area (Å²) in [7, 11) is 0. The molecule has 0 spiro atoms. The minimum Gasteiger partial charge on any atom is -0.378 e. The van der Waals surface area contributed by atoms with Crippen molar-refractivity contribution in [2.45, 2.75) is 52.1 Å². The van der Waals surface area contributed by atoms with Gasteiger partial charge in [0.25, 0.3) is 0 Å². The van der Waals surface area contributed by atoms with Gasteiger partial charge in [0, 0.05) is 6.61 Å². The largest absolute Gasteiger partial charge is 0.378 e. The van der Waals surface area contributed by atoms with Crippen LogP contribution in [0.1, 0.15) is 46.0 Å². The van der Waals surface area contributed by atoms with Crippen LogP contribution in [0.15, 0.2) is 0 Å². The highest BCUT2D eigenvalue weighted by Gasteiger charge is 2.14. The molecule has 3 heteroatoms. The van der Waals surface area contributed by atoms with Gasteiger partial charge >= 0.3 is 0 Å². The van der Waals surface area contributed by atoms with Crippen molar-refractivity contribution in [1.29, 1.82) is 0 Å². The van der Waals surface area contributed by atoms with E-state index in [1.807, 2.05) is 0 Å². The molecule has 0 saturated carbocycles. The van der Waals surface area contributed by atoms with Crippen LogP contribution in [0, 0.1) is 0 Å². The zero-order chi connectivity index (χ0) is 12.3. The molecule has 0 bridgehead atoms. The second-order valence-corrected chi connectivity index (χ2v) is 4.91. The molecule has 102 valence electrons. The fraction of sp³-hybridized carbons (Fsp3) is 1.00. The molecule has 0 aromatic rings. The fourth-order valence-corrected chi connectivity index (χ4v) is 2.42.